The van der Waals surface area contributed by atoms with E-state index in [4.69, 9.17) is 23.2 Å². The number of phenolic OH excluding ortho intramolecular Hbond substituents is 1. The largest absolute Gasteiger partial charge is 0.507 e. The first-order chi connectivity index (χ1) is 9.47. The zero-order chi connectivity index (χ0) is 14.7. The molecule has 2 aromatic carbocycles. The molecule has 0 aliphatic carbocycles. The van der Waals surface area contributed by atoms with Gasteiger partial charge < -0.3 is 5.11 Å². The van der Waals surface area contributed by atoms with Crippen LogP contribution in [0.5, 0.6) is 5.75 Å². The van der Waals surface area contributed by atoms with E-state index in [2.05, 4.69) is 0 Å². The normalized spacial score (nSPS) is 10.9. The summed E-state index contributed by atoms with van der Waals surface area (Å²) in [7, 11) is 0. The molecule has 0 amide bonds. The number of halogens is 2. The minimum atomic E-state index is -0.306. The minimum absolute atomic E-state index is 0.0716. The van der Waals surface area contributed by atoms with Gasteiger partial charge in [-0.1, -0.05) is 41.4 Å². The van der Waals surface area contributed by atoms with E-state index >= 15 is 0 Å². The quantitative estimate of drug-likeness (QED) is 0.646. The number of allylic oxidation sites excluding steroid dienone is 1. The molecule has 0 fully saturated rings. The van der Waals surface area contributed by atoms with Gasteiger partial charge in [-0.15, -0.1) is 0 Å². The molecule has 0 saturated heterocycles. The zero-order valence-electron chi connectivity index (χ0n) is 10.7. The highest BCUT2D eigenvalue weighted by Crippen LogP contribution is 2.26. The molecule has 0 radical (unpaired) electrons. The molecule has 0 aliphatic heterocycles. The first kappa shape index (κ1) is 14.6. The lowest BCUT2D eigenvalue weighted by molar-refractivity contribution is 0.104. The summed E-state index contributed by atoms with van der Waals surface area (Å²) in [6.07, 6.45) is 3.05. The third-order valence-corrected chi connectivity index (χ3v) is 3.50. The van der Waals surface area contributed by atoms with Crippen LogP contribution >= 0.6 is 23.2 Å². The van der Waals surface area contributed by atoms with E-state index < -0.39 is 0 Å². The van der Waals surface area contributed by atoms with Gasteiger partial charge in [0.15, 0.2) is 5.78 Å². The number of hydrogen-bond donors (Lipinski definition) is 1. The fraction of sp³-hybridized carbons (Fsp3) is 0.0625. The fourth-order valence-corrected chi connectivity index (χ4v) is 1.99. The summed E-state index contributed by atoms with van der Waals surface area (Å²) in [6.45, 7) is 1.76. The van der Waals surface area contributed by atoms with Gasteiger partial charge >= 0.3 is 0 Å². The number of benzene rings is 2. The van der Waals surface area contributed by atoms with Crippen LogP contribution < -0.4 is 0 Å². The average molecular weight is 307 g/mol. The van der Waals surface area contributed by atoms with Crippen LogP contribution in [0.1, 0.15) is 21.5 Å². The number of aromatic hydroxyl groups is 1. The van der Waals surface area contributed by atoms with Gasteiger partial charge in [0.05, 0.1) is 5.56 Å². The van der Waals surface area contributed by atoms with Gasteiger partial charge in [0.25, 0.3) is 0 Å². The van der Waals surface area contributed by atoms with Gasteiger partial charge in [-0.3, -0.25) is 4.79 Å². The summed E-state index contributed by atoms with van der Waals surface area (Å²) >= 11 is 11.7. The van der Waals surface area contributed by atoms with Crippen molar-refractivity contribution in [3.63, 3.8) is 0 Å². The molecule has 1 N–H and O–H groups in total. The minimum Gasteiger partial charge on any atom is -0.507 e. The maximum absolute atomic E-state index is 12.0. The molecule has 20 heavy (non-hydrogen) atoms. The highest BCUT2D eigenvalue weighted by atomic mass is 35.5. The Kier molecular flexibility index (Phi) is 4.48. The van der Waals surface area contributed by atoms with Gasteiger partial charge in [-0.25, -0.2) is 0 Å². The fourth-order valence-electron chi connectivity index (χ4n) is 1.70. The van der Waals surface area contributed by atoms with Crippen LogP contribution in [0.4, 0.5) is 0 Å². The maximum Gasteiger partial charge on any atom is 0.189 e. The van der Waals surface area contributed by atoms with Gasteiger partial charge in [-0.05, 0) is 48.4 Å². The molecule has 2 nitrogen and oxygen atoms in total. The second-order valence-electron chi connectivity index (χ2n) is 4.37. The Morgan fingerprint density at radius 2 is 1.80 bits per heavy atom. The van der Waals surface area contributed by atoms with Crippen LogP contribution in [0.15, 0.2) is 42.5 Å². The lowest BCUT2D eigenvalue weighted by atomic mass is 10.1. The van der Waals surface area contributed by atoms with Crippen molar-refractivity contribution in [2.45, 2.75) is 6.92 Å². The van der Waals surface area contributed by atoms with Gasteiger partial charge in [0.2, 0.25) is 0 Å². The highest BCUT2D eigenvalue weighted by Gasteiger charge is 2.10. The molecule has 2 rings (SSSR count). The number of rotatable bonds is 3. The van der Waals surface area contributed by atoms with E-state index in [1.54, 1.807) is 37.3 Å². The number of carbonyl (C=O) groups is 1. The van der Waals surface area contributed by atoms with E-state index in [1.807, 2.05) is 0 Å². The number of ketones is 1. The molecule has 0 saturated carbocycles. The molecule has 0 heterocycles. The molecule has 0 aliphatic rings. The lowest BCUT2D eigenvalue weighted by Gasteiger charge is -2.04. The van der Waals surface area contributed by atoms with E-state index in [9.17, 15) is 9.90 Å². The highest BCUT2D eigenvalue weighted by molar-refractivity contribution is 6.32. The van der Waals surface area contributed by atoms with Gasteiger partial charge in [-0.2, -0.15) is 0 Å². The molecule has 0 bridgehead atoms. The van der Waals surface area contributed by atoms with Crippen LogP contribution in [0.2, 0.25) is 10.0 Å². The monoisotopic (exact) mass is 306 g/mol. The lowest BCUT2D eigenvalue weighted by Crippen LogP contribution is -1.96. The van der Waals surface area contributed by atoms with Crippen LogP contribution in [0, 0.1) is 6.92 Å². The number of hydrogen-bond acceptors (Lipinski definition) is 2. The smallest absolute Gasteiger partial charge is 0.189 e. The molecular weight excluding hydrogens is 295 g/mol. The Labute approximate surface area is 127 Å². The third-order valence-electron chi connectivity index (χ3n) is 2.84. The van der Waals surface area contributed by atoms with Crippen molar-refractivity contribution in [1.29, 1.82) is 0 Å². The first-order valence-corrected chi connectivity index (χ1v) is 6.70. The van der Waals surface area contributed by atoms with Crippen molar-refractivity contribution in [3.05, 3.63) is 69.2 Å². The van der Waals surface area contributed by atoms with E-state index in [1.165, 1.54) is 18.2 Å². The second kappa shape index (κ2) is 6.12. The van der Waals surface area contributed by atoms with Crippen molar-refractivity contribution in [2.24, 2.45) is 0 Å². The second-order valence-corrected chi connectivity index (χ2v) is 5.21. The predicted octanol–water partition coefficient (Wildman–Crippen LogP) is 4.90. The summed E-state index contributed by atoms with van der Waals surface area (Å²) in [6, 6.07) is 10.0. The van der Waals surface area contributed by atoms with Gasteiger partial charge in [0.1, 0.15) is 5.75 Å². The molecule has 102 valence electrons. The Balaban J connectivity index is 2.24. The number of aryl methyl sites for hydroxylation is 1. The van der Waals surface area contributed by atoms with Crippen LogP contribution in [-0.4, -0.2) is 10.9 Å². The number of carbonyl (C=O) groups excluding carboxylic acids is 1. The topological polar surface area (TPSA) is 37.3 Å². The van der Waals surface area contributed by atoms with E-state index in [-0.39, 0.29) is 17.1 Å². The standard InChI is InChI=1S/C16H12Cl2O2/c1-10-8-16(20)13(9-14(10)18)15(19)7-4-11-2-5-12(17)6-3-11/h2-9,20H,1H3. The van der Waals surface area contributed by atoms with Crippen molar-refractivity contribution in [1.82, 2.24) is 0 Å². The molecule has 4 heteroatoms. The summed E-state index contributed by atoms with van der Waals surface area (Å²) in [4.78, 5) is 12.0. The van der Waals surface area contributed by atoms with Crippen molar-refractivity contribution in [3.8, 4) is 5.75 Å². The molecular formula is C16H12Cl2O2. The Morgan fingerprint density at radius 3 is 2.45 bits per heavy atom. The Hall–Kier alpha value is -1.77. The maximum atomic E-state index is 12.0. The summed E-state index contributed by atoms with van der Waals surface area (Å²) in [5.74, 6) is -0.378. The van der Waals surface area contributed by atoms with Crippen molar-refractivity contribution in [2.75, 3.05) is 0 Å². The van der Waals surface area contributed by atoms with E-state index in [0.29, 0.717) is 10.0 Å². The van der Waals surface area contributed by atoms with Crippen LogP contribution in [-0.2, 0) is 0 Å². The molecule has 0 atom stereocenters. The third kappa shape index (κ3) is 3.41. The van der Waals surface area contributed by atoms with Crippen LogP contribution in [0.3, 0.4) is 0 Å². The molecule has 2 aromatic rings. The van der Waals surface area contributed by atoms with E-state index in [0.717, 1.165) is 11.1 Å². The Morgan fingerprint density at radius 1 is 1.15 bits per heavy atom. The Bertz CT molecular complexity index is 674. The molecule has 0 spiro atoms. The van der Waals surface area contributed by atoms with Crippen molar-refractivity contribution < 1.29 is 9.90 Å². The van der Waals surface area contributed by atoms with Crippen molar-refractivity contribution >= 4 is 35.1 Å². The molecule has 0 unspecified atom stereocenters. The van der Waals surface area contributed by atoms with Crippen LogP contribution in [0.25, 0.3) is 6.08 Å². The summed E-state index contributed by atoms with van der Waals surface area (Å²) < 4.78 is 0. The first-order valence-electron chi connectivity index (χ1n) is 5.94. The summed E-state index contributed by atoms with van der Waals surface area (Å²) in [5.41, 5.74) is 1.76. The summed E-state index contributed by atoms with van der Waals surface area (Å²) in [5, 5.41) is 10.9. The van der Waals surface area contributed by atoms with Gasteiger partial charge in [0, 0.05) is 10.0 Å². The SMILES string of the molecule is Cc1cc(O)c(C(=O)C=Cc2ccc(Cl)cc2)cc1Cl. The predicted molar refractivity (Wildman–Crippen MR) is 82.7 cm³/mol. The number of phenols is 1. The molecule has 0 aromatic heterocycles. The average Bonchev–Trinajstić information content (AvgIpc) is 2.42. The zero-order valence-corrected chi connectivity index (χ0v) is 12.2.